The van der Waals surface area contributed by atoms with Crippen molar-refractivity contribution in [3.05, 3.63) is 18.2 Å². The van der Waals surface area contributed by atoms with Crippen molar-refractivity contribution in [1.29, 1.82) is 0 Å². The highest BCUT2D eigenvalue weighted by atomic mass is 16.5. The van der Waals surface area contributed by atoms with E-state index in [9.17, 15) is 9.59 Å². The third-order valence-electron chi connectivity index (χ3n) is 5.55. The maximum atomic E-state index is 12.9. The monoisotopic (exact) mass is 301 g/mol. The van der Waals surface area contributed by atoms with Crippen LogP contribution in [0, 0.1) is 23.7 Å². The van der Waals surface area contributed by atoms with Gasteiger partial charge in [0.2, 0.25) is 11.8 Å². The van der Waals surface area contributed by atoms with Crippen LogP contribution >= 0.6 is 0 Å². The summed E-state index contributed by atoms with van der Waals surface area (Å²) in [5.41, 5.74) is 0.505. The van der Waals surface area contributed by atoms with E-state index in [1.165, 1.54) is 4.90 Å². The molecule has 1 aliphatic heterocycles. The molecule has 0 aromatic heterocycles. The van der Waals surface area contributed by atoms with Gasteiger partial charge in [-0.3, -0.25) is 9.59 Å². The van der Waals surface area contributed by atoms with Gasteiger partial charge in [-0.1, -0.05) is 0 Å². The van der Waals surface area contributed by atoms with E-state index in [2.05, 4.69) is 0 Å². The van der Waals surface area contributed by atoms with Crippen molar-refractivity contribution in [2.24, 2.45) is 23.7 Å². The van der Waals surface area contributed by atoms with Crippen molar-refractivity contribution < 1.29 is 19.1 Å². The predicted molar refractivity (Wildman–Crippen MR) is 79.9 cm³/mol. The molecule has 116 valence electrons. The van der Waals surface area contributed by atoms with Crippen molar-refractivity contribution in [3.8, 4) is 11.5 Å². The first-order valence-corrected chi connectivity index (χ1v) is 7.75. The Hall–Kier alpha value is -2.04. The summed E-state index contributed by atoms with van der Waals surface area (Å²) in [6.45, 7) is 0. The second-order valence-electron chi connectivity index (χ2n) is 6.43. The first-order valence-electron chi connectivity index (χ1n) is 7.75. The number of amides is 2. The molecule has 1 heterocycles. The van der Waals surface area contributed by atoms with E-state index in [0.29, 0.717) is 29.0 Å². The lowest BCUT2D eigenvalue weighted by Crippen LogP contribution is -2.33. The van der Waals surface area contributed by atoms with Crippen LogP contribution in [0.1, 0.15) is 19.3 Å². The second-order valence-corrected chi connectivity index (χ2v) is 6.43. The zero-order valence-electron chi connectivity index (χ0n) is 12.7. The Bertz CT molecular complexity index is 628. The number of ether oxygens (including phenoxy) is 2. The molecule has 5 nitrogen and oxygen atoms in total. The van der Waals surface area contributed by atoms with E-state index in [0.717, 1.165) is 19.3 Å². The number of carbonyl (C=O) groups excluding carboxylic acids is 2. The minimum atomic E-state index is -0.123. The number of methoxy groups -OCH3 is 2. The molecule has 1 aromatic rings. The highest BCUT2D eigenvalue weighted by Gasteiger charge is 2.61. The highest BCUT2D eigenvalue weighted by Crippen LogP contribution is 2.57. The summed E-state index contributed by atoms with van der Waals surface area (Å²) < 4.78 is 10.6. The maximum absolute atomic E-state index is 12.9. The average molecular weight is 301 g/mol. The number of anilines is 1. The number of carbonyl (C=O) groups is 2. The van der Waals surface area contributed by atoms with E-state index in [4.69, 9.17) is 9.47 Å². The highest BCUT2D eigenvalue weighted by molar-refractivity contribution is 6.23. The van der Waals surface area contributed by atoms with Gasteiger partial charge in [-0.15, -0.1) is 0 Å². The van der Waals surface area contributed by atoms with Crippen LogP contribution in [0.15, 0.2) is 18.2 Å². The SMILES string of the molecule is COc1ccc(OC)c(N2C(=O)[C@H]3[C@H]4CC[C@@H](C4)[C@@H]3C2=O)c1. The van der Waals surface area contributed by atoms with Crippen molar-refractivity contribution >= 4 is 17.5 Å². The number of rotatable bonds is 3. The molecule has 5 heteroatoms. The van der Waals surface area contributed by atoms with Gasteiger partial charge < -0.3 is 9.47 Å². The van der Waals surface area contributed by atoms with Crippen molar-refractivity contribution in [3.63, 3.8) is 0 Å². The second kappa shape index (κ2) is 4.73. The van der Waals surface area contributed by atoms with Crippen LogP contribution in [0.25, 0.3) is 0 Å². The number of hydrogen-bond acceptors (Lipinski definition) is 4. The van der Waals surface area contributed by atoms with Crippen molar-refractivity contribution in [2.75, 3.05) is 19.1 Å². The van der Waals surface area contributed by atoms with Crippen molar-refractivity contribution in [1.82, 2.24) is 0 Å². The van der Waals surface area contributed by atoms with Gasteiger partial charge >= 0.3 is 0 Å². The Morgan fingerprint density at radius 3 is 2.18 bits per heavy atom. The summed E-state index contributed by atoms with van der Waals surface area (Å²) >= 11 is 0. The molecule has 3 aliphatic rings. The van der Waals surface area contributed by atoms with E-state index < -0.39 is 0 Å². The Kier molecular flexibility index (Phi) is 2.93. The zero-order chi connectivity index (χ0) is 15.4. The molecule has 1 aromatic carbocycles. The minimum absolute atomic E-state index is 0.0613. The van der Waals surface area contributed by atoms with Gasteiger partial charge in [0.25, 0.3) is 0 Å². The maximum Gasteiger partial charge on any atom is 0.238 e. The van der Waals surface area contributed by atoms with E-state index >= 15 is 0 Å². The summed E-state index contributed by atoms with van der Waals surface area (Å²) in [7, 11) is 3.11. The van der Waals surface area contributed by atoms with Crippen LogP contribution < -0.4 is 14.4 Å². The molecule has 3 fully saturated rings. The Labute approximate surface area is 129 Å². The minimum Gasteiger partial charge on any atom is -0.497 e. The lowest BCUT2D eigenvalue weighted by Gasteiger charge is -2.20. The molecule has 22 heavy (non-hydrogen) atoms. The fourth-order valence-corrected chi connectivity index (χ4v) is 4.62. The molecule has 0 spiro atoms. The molecule has 1 saturated heterocycles. The van der Waals surface area contributed by atoms with Gasteiger partial charge in [-0.2, -0.15) is 0 Å². The summed E-state index contributed by atoms with van der Waals surface area (Å²) in [6, 6.07) is 5.20. The molecular weight excluding hydrogens is 282 g/mol. The molecule has 0 N–H and O–H groups in total. The normalized spacial score (nSPS) is 32.5. The quantitative estimate of drug-likeness (QED) is 0.803. The fourth-order valence-electron chi connectivity index (χ4n) is 4.62. The third-order valence-corrected chi connectivity index (χ3v) is 5.55. The largest absolute Gasteiger partial charge is 0.497 e. The lowest BCUT2D eigenvalue weighted by atomic mass is 9.81. The molecule has 0 unspecified atom stereocenters. The Morgan fingerprint density at radius 2 is 1.64 bits per heavy atom. The van der Waals surface area contributed by atoms with Crippen LogP contribution in [-0.2, 0) is 9.59 Å². The van der Waals surface area contributed by atoms with Crippen LogP contribution in [0.5, 0.6) is 11.5 Å². The Balaban J connectivity index is 1.77. The number of imide groups is 1. The molecule has 4 rings (SSSR count). The summed E-state index contributed by atoms with van der Waals surface area (Å²) in [5, 5.41) is 0. The van der Waals surface area contributed by atoms with E-state index in [-0.39, 0.29) is 23.7 Å². The van der Waals surface area contributed by atoms with Gasteiger partial charge in [0, 0.05) is 6.07 Å². The third kappa shape index (κ3) is 1.65. The van der Waals surface area contributed by atoms with Gasteiger partial charge in [0.15, 0.2) is 0 Å². The van der Waals surface area contributed by atoms with Crippen LogP contribution in [-0.4, -0.2) is 26.0 Å². The number of hydrogen-bond donors (Lipinski definition) is 0. The van der Waals surface area contributed by atoms with Crippen LogP contribution in [0.3, 0.4) is 0 Å². The van der Waals surface area contributed by atoms with Crippen molar-refractivity contribution in [2.45, 2.75) is 19.3 Å². The zero-order valence-corrected chi connectivity index (χ0v) is 12.7. The molecule has 2 amide bonds. The van der Waals surface area contributed by atoms with E-state index in [1.54, 1.807) is 32.4 Å². The average Bonchev–Trinajstić information content (AvgIpc) is 3.21. The number of fused-ring (bicyclic) bond motifs is 5. The summed E-state index contributed by atoms with van der Waals surface area (Å²) in [4.78, 5) is 27.1. The van der Waals surface area contributed by atoms with Gasteiger partial charge in [-0.25, -0.2) is 4.90 Å². The molecule has 2 bridgehead atoms. The van der Waals surface area contributed by atoms with Crippen LogP contribution in [0.2, 0.25) is 0 Å². The molecule has 4 atom stereocenters. The fraction of sp³-hybridized carbons (Fsp3) is 0.529. The van der Waals surface area contributed by atoms with Crippen LogP contribution in [0.4, 0.5) is 5.69 Å². The predicted octanol–water partition coefficient (Wildman–Crippen LogP) is 2.24. The number of benzene rings is 1. The summed E-state index contributed by atoms with van der Waals surface area (Å²) in [6.07, 6.45) is 3.19. The lowest BCUT2D eigenvalue weighted by molar-refractivity contribution is -0.123. The van der Waals surface area contributed by atoms with Gasteiger partial charge in [0.1, 0.15) is 11.5 Å². The number of nitrogens with zero attached hydrogens (tertiary/aromatic N) is 1. The topological polar surface area (TPSA) is 55.8 Å². The Morgan fingerprint density at radius 1 is 1.00 bits per heavy atom. The molecule has 2 aliphatic carbocycles. The summed E-state index contributed by atoms with van der Waals surface area (Å²) in [5.74, 6) is 1.53. The van der Waals surface area contributed by atoms with Gasteiger partial charge in [0.05, 0.1) is 31.7 Å². The molecule has 0 radical (unpaired) electrons. The molecule has 2 saturated carbocycles. The van der Waals surface area contributed by atoms with E-state index in [1.807, 2.05) is 0 Å². The smallest absolute Gasteiger partial charge is 0.238 e. The first-order chi connectivity index (χ1) is 10.7. The van der Waals surface area contributed by atoms with Gasteiger partial charge in [-0.05, 0) is 43.2 Å². The standard InChI is InChI=1S/C17H19NO4/c1-21-11-5-6-13(22-2)12(8-11)18-16(19)14-9-3-4-10(7-9)15(14)17(18)20/h5-6,8-10,14-15H,3-4,7H2,1-2H3/t9-,10-,14-,15-/m0/s1. The molecular formula is C17H19NO4. The first kappa shape index (κ1) is 13.6.